The molecule has 0 saturated carbocycles. The second-order valence-corrected chi connectivity index (χ2v) is 5.95. The summed E-state index contributed by atoms with van der Waals surface area (Å²) in [5.41, 5.74) is 0. The second-order valence-electron chi connectivity index (χ2n) is 4.15. The molecule has 0 aliphatic heterocycles. The average Bonchev–Trinajstić information content (AvgIpc) is 2.66. The highest BCUT2D eigenvalue weighted by Crippen LogP contribution is 2.25. The van der Waals surface area contributed by atoms with Gasteiger partial charge >= 0.3 is 0 Å². The van der Waals surface area contributed by atoms with E-state index in [1.165, 1.54) is 17.7 Å². The van der Waals surface area contributed by atoms with Crippen LogP contribution in [0, 0.1) is 5.92 Å². The standard InChI is InChI=1S/C13H22ClNS/c1-4-10(5-2)12(15-6-3)9-11-7-8-13(14)16-11/h7-8,10,12,15H,4-6,9H2,1-3H3. The molecule has 92 valence electrons. The van der Waals surface area contributed by atoms with Gasteiger partial charge in [-0.2, -0.15) is 0 Å². The van der Waals surface area contributed by atoms with Crippen molar-refractivity contribution < 1.29 is 0 Å². The van der Waals surface area contributed by atoms with Gasteiger partial charge in [0.25, 0.3) is 0 Å². The third-order valence-electron chi connectivity index (χ3n) is 3.13. The Kier molecular flexibility index (Phi) is 6.40. The summed E-state index contributed by atoms with van der Waals surface area (Å²) in [6, 6.07) is 4.74. The maximum atomic E-state index is 5.97. The van der Waals surface area contributed by atoms with Crippen LogP contribution in [0.2, 0.25) is 4.34 Å². The second kappa shape index (κ2) is 7.31. The molecule has 0 fully saturated rings. The molecule has 16 heavy (non-hydrogen) atoms. The molecule has 0 radical (unpaired) electrons. The molecule has 1 N–H and O–H groups in total. The van der Waals surface area contributed by atoms with Crippen LogP contribution in [0.3, 0.4) is 0 Å². The summed E-state index contributed by atoms with van der Waals surface area (Å²) in [5.74, 6) is 0.765. The van der Waals surface area contributed by atoms with Gasteiger partial charge in [0.1, 0.15) is 0 Å². The molecule has 0 bridgehead atoms. The van der Waals surface area contributed by atoms with Gasteiger partial charge in [0, 0.05) is 10.9 Å². The summed E-state index contributed by atoms with van der Waals surface area (Å²) in [6.45, 7) is 7.77. The highest BCUT2D eigenvalue weighted by atomic mass is 35.5. The van der Waals surface area contributed by atoms with Crippen molar-refractivity contribution in [2.75, 3.05) is 6.54 Å². The van der Waals surface area contributed by atoms with Crippen molar-refractivity contribution in [3.8, 4) is 0 Å². The predicted octanol–water partition coefficient (Wildman–Crippen LogP) is 4.36. The van der Waals surface area contributed by atoms with E-state index in [-0.39, 0.29) is 0 Å². The highest BCUT2D eigenvalue weighted by Gasteiger charge is 2.18. The lowest BCUT2D eigenvalue weighted by atomic mass is 9.91. The number of rotatable bonds is 7. The molecule has 0 aliphatic rings. The maximum absolute atomic E-state index is 5.97. The number of hydrogen-bond acceptors (Lipinski definition) is 2. The van der Waals surface area contributed by atoms with Gasteiger partial charge in [-0.25, -0.2) is 0 Å². The molecule has 1 heterocycles. The number of likely N-dealkylation sites (N-methyl/N-ethyl adjacent to an activating group) is 1. The lowest BCUT2D eigenvalue weighted by molar-refractivity contribution is 0.338. The van der Waals surface area contributed by atoms with Gasteiger partial charge in [0.15, 0.2) is 0 Å². The molecule has 0 spiro atoms. The summed E-state index contributed by atoms with van der Waals surface area (Å²) in [6.07, 6.45) is 3.60. The molecule has 0 aliphatic carbocycles. The van der Waals surface area contributed by atoms with Crippen LogP contribution >= 0.6 is 22.9 Å². The first kappa shape index (κ1) is 14.0. The normalized spacial score (nSPS) is 13.3. The Morgan fingerprint density at radius 2 is 1.94 bits per heavy atom. The van der Waals surface area contributed by atoms with E-state index in [0.717, 1.165) is 23.2 Å². The van der Waals surface area contributed by atoms with Crippen LogP contribution in [-0.4, -0.2) is 12.6 Å². The van der Waals surface area contributed by atoms with Crippen molar-refractivity contribution >= 4 is 22.9 Å². The summed E-state index contributed by atoms with van der Waals surface area (Å²) >= 11 is 7.67. The zero-order valence-corrected chi connectivity index (χ0v) is 12.0. The van der Waals surface area contributed by atoms with E-state index in [1.54, 1.807) is 11.3 Å². The number of halogens is 1. The Bertz CT molecular complexity index is 294. The summed E-state index contributed by atoms with van der Waals surface area (Å²) < 4.78 is 0.898. The van der Waals surface area contributed by atoms with E-state index in [4.69, 9.17) is 11.6 Å². The van der Waals surface area contributed by atoms with Crippen LogP contribution < -0.4 is 5.32 Å². The zero-order chi connectivity index (χ0) is 12.0. The molecular weight excluding hydrogens is 238 g/mol. The monoisotopic (exact) mass is 259 g/mol. The largest absolute Gasteiger partial charge is 0.314 e. The van der Waals surface area contributed by atoms with Crippen molar-refractivity contribution in [3.05, 3.63) is 21.3 Å². The van der Waals surface area contributed by atoms with Gasteiger partial charge in [-0.1, -0.05) is 45.2 Å². The molecule has 1 nitrogen and oxygen atoms in total. The molecule has 1 aromatic rings. The van der Waals surface area contributed by atoms with Crippen LogP contribution in [0.4, 0.5) is 0 Å². The molecule has 1 rings (SSSR count). The van der Waals surface area contributed by atoms with Crippen LogP contribution in [-0.2, 0) is 6.42 Å². The average molecular weight is 260 g/mol. The third kappa shape index (κ3) is 4.08. The molecule has 1 aromatic heterocycles. The Morgan fingerprint density at radius 1 is 1.25 bits per heavy atom. The first-order chi connectivity index (χ1) is 7.71. The lowest BCUT2D eigenvalue weighted by Crippen LogP contribution is -2.37. The Balaban J connectivity index is 2.63. The summed E-state index contributed by atoms with van der Waals surface area (Å²) in [5, 5.41) is 3.61. The van der Waals surface area contributed by atoms with Crippen LogP contribution in [0.1, 0.15) is 38.5 Å². The minimum atomic E-state index is 0.592. The Hall–Kier alpha value is -0.0500. The zero-order valence-electron chi connectivity index (χ0n) is 10.4. The topological polar surface area (TPSA) is 12.0 Å². The Morgan fingerprint density at radius 3 is 2.38 bits per heavy atom. The van der Waals surface area contributed by atoms with E-state index in [0.29, 0.717) is 6.04 Å². The Labute approximate surface area is 108 Å². The van der Waals surface area contributed by atoms with Crippen molar-refractivity contribution in [1.29, 1.82) is 0 Å². The van der Waals surface area contributed by atoms with E-state index in [9.17, 15) is 0 Å². The third-order valence-corrected chi connectivity index (χ3v) is 4.39. The fourth-order valence-corrected chi connectivity index (χ4v) is 3.35. The molecule has 1 atom stereocenters. The van der Waals surface area contributed by atoms with Crippen molar-refractivity contribution in [2.24, 2.45) is 5.92 Å². The van der Waals surface area contributed by atoms with Crippen LogP contribution in [0.15, 0.2) is 12.1 Å². The van der Waals surface area contributed by atoms with E-state index < -0.39 is 0 Å². The van der Waals surface area contributed by atoms with Gasteiger partial charge in [0.2, 0.25) is 0 Å². The first-order valence-electron chi connectivity index (χ1n) is 6.18. The molecule has 0 amide bonds. The van der Waals surface area contributed by atoms with Gasteiger partial charge in [-0.3, -0.25) is 0 Å². The van der Waals surface area contributed by atoms with E-state index >= 15 is 0 Å². The summed E-state index contributed by atoms with van der Waals surface area (Å²) in [7, 11) is 0. The minimum Gasteiger partial charge on any atom is -0.314 e. The fourth-order valence-electron chi connectivity index (χ4n) is 2.20. The molecular formula is C13H22ClNS. The van der Waals surface area contributed by atoms with E-state index in [2.05, 4.69) is 32.2 Å². The summed E-state index contributed by atoms with van der Waals surface area (Å²) in [4.78, 5) is 1.39. The first-order valence-corrected chi connectivity index (χ1v) is 7.38. The SMILES string of the molecule is CCNC(Cc1ccc(Cl)s1)C(CC)CC. The molecule has 3 heteroatoms. The number of thiophene rings is 1. The van der Waals surface area contributed by atoms with Crippen LogP contribution in [0.5, 0.6) is 0 Å². The predicted molar refractivity (Wildman–Crippen MR) is 74.6 cm³/mol. The molecule has 1 unspecified atom stereocenters. The van der Waals surface area contributed by atoms with Crippen molar-refractivity contribution in [2.45, 2.75) is 46.1 Å². The quantitative estimate of drug-likeness (QED) is 0.767. The fraction of sp³-hybridized carbons (Fsp3) is 0.692. The maximum Gasteiger partial charge on any atom is 0.0931 e. The highest BCUT2D eigenvalue weighted by molar-refractivity contribution is 7.16. The lowest BCUT2D eigenvalue weighted by Gasteiger charge is -2.25. The molecule has 0 aromatic carbocycles. The van der Waals surface area contributed by atoms with Gasteiger partial charge < -0.3 is 5.32 Å². The molecule has 0 saturated heterocycles. The van der Waals surface area contributed by atoms with Crippen LogP contribution in [0.25, 0.3) is 0 Å². The smallest absolute Gasteiger partial charge is 0.0931 e. The van der Waals surface area contributed by atoms with E-state index in [1.807, 2.05) is 6.07 Å². The van der Waals surface area contributed by atoms with Gasteiger partial charge in [0.05, 0.1) is 4.34 Å². The minimum absolute atomic E-state index is 0.592. The van der Waals surface area contributed by atoms with Crippen molar-refractivity contribution in [3.63, 3.8) is 0 Å². The number of hydrogen-bond donors (Lipinski definition) is 1. The van der Waals surface area contributed by atoms with Gasteiger partial charge in [-0.15, -0.1) is 11.3 Å². The van der Waals surface area contributed by atoms with Crippen molar-refractivity contribution in [1.82, 2.24) is 5.32 Å². The number of nitrogens with one attached hydrogen (secondary N) is 1. The van der Waals surface area contributed by atoms with Gasteiger partial charge in [-0.05, 0) is 31.0 Å².